The molecule has 0 aliphatic heterocycles. The molecule has 0 fully saturated rings. The van der Waals surface area contributed by atoms with Crippen LogP contribution in [-0.2, 0) is 6.54 Å². The lowest BCUT2D eigenvalue weighted by Crippen LogP contribution is -2.16. The van der Waals surface area contributed by atoms with Gasteiger partial charge in [-0.15, -0.1) is 11.3 Å². The first kappa shape index (κ1) is 11.0. The van der Waals surface area contributed by atoms with Gasteiger partial charge in [0.1, 0.15) is 11.6 Å². The lowest BCUT2D eigenvalue weighted by Gasteiger charge is -2.16. The molecule has 2 aromatic heterocycles. The number of aryl methyl sites for hydroxylation is 1. The molecule has 2 aromatic rings. The molecular weight excluding hydrogens is 225 g/mol. The van der Waals surface area contributed by atoms with Crippen molar-refractivity contribution in [3.8, 4) is 0 Å². The molecule has 84 valence electrons. The molecule has 0 atom stereocenters. The van der Waals surface area contributed by atoms with Crippen LogP contribution in [0.5, 0.6) is 0 Å². The number of thiazole rings is 1. The summed E-state index contributed by atoms with van der Waals surface area (Å²) in [5, 5.41) is 1.05. The Kier molecular flexibility index (Phi) is 3.14. The summed E-state index contributed by atoms with van der Waals surface area (Å²) >= 11 is 1.66. The summed E-state index contributed by atoms with van der Waals surface area (Å²) in [5.41, 5.74) is 0. The summed E-state index contributed by atoms with van der Waals surface area (Å²) in [5.74, 6) is 0.443. The van der Waals surface area contributed by atoms with Gasteiger partial charge in [-0.1, -0.05) is 0 Å². The molecule has 2 heterocycles. The van der Waals surface area contributed by atoms with Crippen molar-refractivity contribution >= 4 is 17.2 Å². The van der Waals surface area contributed by atoms with E-state index in [2.05, 4.69) is 9.97 Å². The summed E-state index contributed by atoms with van der Waals surface area (Å²) < 4.78 is 12.7. The van der Waals surface area contributed by atoms with Crippen molar-refractivity contribution in [1.29, 1.82) is 0 Å². The second kappa shape index (κ2) is 4.57. The Hall–Kier alpha value is -1.49. The number of hydrogen-bond donors (Lipinski definition) is 0. The maximum Gasteiger partial charge on any atom is 0.141 e. The molecule has 0 saturated heterocycles. The van der Waals surface area contributed by atoms with Gasteiger partial charge in [0.05, 0.1) is 17.7 Å². The van der Waals surface area contributed by atoms with Crippen molar-refractivity contribution in [2.45, 2.75) is 13.5 Å². The van der Waals surface area contributed by atoms with E-state index in [1.54, 1.807) is 17.4 Å². The molecule has 2 rings (SSSR count). The molecular formula is C11H12FN3S. The minimum atomic E-state index is -0.314. The Bertz CT molecular complexity index is 466. The second-order valence-electron chi connectivity index (χ2n) is 3.54. The van der Waals surface area contributed by atoms with Crippen LogP contribution in [0, 0.1) is 12.7 Å². The van der Waals surface area contributed by atoms with Gasteiger partial charge in [-0.3, -0.25) is 0 Å². The van der Waals surface area contributed by atoms with Crippen molar-refractivity contribution in [2.75, 3.05) is 11.9 Å². The molecule has 0 radical (unpaired) electrons. The van der Waals surface area contributed by atoms with E-state index in [1.165, 1.54) is 17.1 Å². The molecule has 0 N–H and O–H groups in total. The molecule has 0 unspecified atom stereocenters. The maximum absolute atomic E-state index is 12.7. The lowest BCUT2D eigenvalue weighted by molar-refractivity contribution is 0.621. The SMILES string of the molecule is Cc1ncc(CN(C)c2ccc(F)cn2)s1. The molecule has 16 heavy (non-hydrogen) atoms. The predicted molar refractivity (Wildman–Crippen MR) is 63.2 cm³/mol. The second-order valence-corrected chi connectivity index (χ2v) is 4.86. The fraction of sp³-hybridized carbons (Fsp3) is 0.273. The zero-order valence-corrected chi connectivity index (χ0v) is 9.96. The van der Waals surface area contributed by atoms with Gasteiger partial charge in [0.2, 0.25) is 0 Å². The Morgan fingerprint density at radius 2 is 2.12 bits per heavy atom. The summed E-state index contributed by atoms with van der Waals surface area (Å²) in [6.45, 7) is 2.72. The van der Waals surface area contributed by atoms with Crippen molar-refractivity contribution < 1.29 is 4.39 Å². The molecule has 0 saturated carbocycles. The van der Waals surface area contributed by atoms with Gasteiger partial charge in [-0.2, -0.15) is 0 Å². The summed E-state index contributed by atoms with van der Waals surface area (Å²) in [7, 11) is 1.93. The van der Waals surface area contributed by atoms with E-state index >= 15 is 0 Å². The Morgan fingerprint density at radius 1 is 1.31 bits per heavy atom. The summed E-state index contributed by atoms with van der Waals surface area (Å²) in [4.78, 5) is 11.3. The van der Waals surface area contributed by atoms with E-state index < -0.39 is 0 Å². The van der Waals surface area contributed by atoms with Crippen LogP contribution in [0.4, 0.5) is 10.2 Å². The zero-order chi connectivity index (χ0) is 11.5. The van der Waals surface area contributed by atoms with E-state index in [9.17, 15) is 4.39 Å². The summed E-state index contributed by atoms with van der Waals surface area (Å²) in [6.07, 6.45) is 3.09. The molecule has 0 aromatic carbocycles. The van der Waals surface area contributed by atoms with Gasteiger partial charge >= 0.3 is 0 Å². The third kappa shape index (κ3) is 2.55. The van der Waals surface area contributed by atoms with Crippen molar-refractivity contribution in [3.05, 3.63) is 40.2 Å². The number of rotatable bonds is 3. The Labute approximate surface area is 97.6 Å². The molecule has 0 aliphatic carbocycles. The largest absolute Gasteiger partial charge is 0.354 e. The standard InChI is InChI=1S/C11H12FN3S/c1-8-13-6-10(16-8)7-15(2)11-4-3-9(12)5-14-11/h3-6H,7H2,1-2H3. The normalized spacial score (nSPS) is 10.4. The first-order chi connectivity index (χ1) is 7.65. The predicted octanol–water partition coefficient (Wildman–Crippen LogP) is 2.62. The number of aromatic nitrogens is 2. The number of halogens is 1. The van der Waals surface area contributed by atoms with Gasteiger partial charge in [-0.25, -0.2) is 14.4 Å². The Balaban J connectivity index is 2.08. The van der Waals surface area contributed by atoms with Crippen LogP contribution in [-0.4, -0.2) is 17.0 Å². The maximum atomic E-state index is 12.7. The molecule has 5 heteroatoms. The average molecular weight is 237 g/mol. The van der Waals surface area contributed by atoms with Gasteiger partial charge in [-0.05, 0) is 19.1 Å². The Morgan fingerprint density at radius 3 is 2.69 bits per heavy atom. The molecule has 0 amide bonds. The van der Waals surface area contributed by atoms with Crippen LogP contribution in [0.15, 0.2) is 24.5 Å². The first-order valence-corrected chi connectivity index (χ1v) is 5.71. The van der Waals surface area contributed by atoms with E-state index in [0.717, 1.165) is 17.4 Å². The summed E-state index contributed by atoms with van der Waals surface area (Å²) in [6, 6.07) is 3.08. The highest BCUT2D eigenvalue weighted by Gasteiger charge is 2.05. The van der Waals surface area contributed by atoms with E-state index in [-0.39, 0.29) is 5.82 Å². The van der Waals surface area contributed by atoms with Crippen LogP contribution in [0.2, 0.25) is 0 Å². The van der Waals surface area contributed by atoms with Gasteiger partial charge in [0.25, 0.3) is 0 Å². The van der Waals surface area contributed by atoms with E-state index in [4.69, 9.17) is 0 Å². The first-order valence-electron chi connectivity index (χ1n) is 4.89. The highest BCUT2D eigenvalue weighted by molar-refractivity contribution is 7.11. The lowest BCUT2D eigenvalue weighted by atomic mass is 10.4. The van der Waals surface area contributed by atoms with E-state index in [1.807, 2.05) is 25.1 Å². The number of hydrogen-bond acceptors (Lipinski definition) is 4. The van der Waals surface area contributed by atoms with Crippen LogP contribution in [0.1, 0.15) is 9.88 Å². The molecule has 3 nitrogen and oxygen atoms in total. The quantitative estimate of drug-likeness (QED) is 0.821. The fourth-order valence-electron chi connectivity index (χ4n) is 1.39. The van der Waals surface area contributed by atoms with Gasteiger partial charge in [0.15, 0.2) is 0 Å². The van der Waals surface area contributed by atoms with Crippen molar-refractivity contribution in [1.82, 2.24) is 9.97 Å². The van der Waals surface area contributed by atoms with E-state index in [0.29, 0.717) is 0 Å². The minimum Gasteiger partial charge on any atom is -0.354 e. The van der Waals surface area contributed by atoms with Gasteiger partial charge in [0, 0.05) is 18.1 Å². The molecule has 0 bridgehead atoms. The van der Waals surface area contributed by atoms with Crippen molar-refractivity contribution in [3.63, 3.8) is 0 Å². The van der Waals surface area contributed by atoms with Crippen LogP contribution in [0.3, 0.4) is 0 Å². The average Bonchev–Trinajstić information content (AvgIpc) is 2.65. The smallest absolute Gasteiger partial charge is 0.141 e. The zero-order valence-electron chi connectivity index (χ0n) is 9.14. The minimum absolute atomic E-state index is 0.314. The van der Waals surface area contributed by atoms with Crippen LogP contribution < -0.4 is 4.90 Å². The van der Waals surface area contributed by atoms with Crippen LogP contribution in [0.25, 0.3) is 0 Å². The number of pyridine rings is 1. The molecule has 0 aliphatic rings. The van der Waals surface area contributed by atoms with Gasteiger partial charge < -0.3 is 4.90 Å². The number of nitrogens with zero attached hydrogens (tertiary/aromatic N) is 3. The molecule has 0 spiro atoms. The third-order valence-corrected chi connectivity index (χ3v) is 3.06. The highest BCUT2D eigenvalue weighted by atomic mass is 32.1. The van der Waals surface area contributed by atoms with Crippen molar-refractivity contribution in [2.24, 2.45) is 0 Å². The fourth-order valence-corrected chi connectivity index (χ4v) is 2.24. The third-order valence-electron chi connectivity index (χ3n) is 2.17. The number of anilines is 1. The topological polar surface area (TPSA) is 29.0 Å². The highest BCUT2D eigenvalue weighted by Crippen LogP contribution is 2.17. The van der Waals surface area contributed by atoms with Crippen LogP contribution >= 0.6 is 11.3 Å². The monoisotopic (exact) mass is 237 g/mol.